The van der Waals surface area contributed by atoms with Crippen LogP contribution in [0.3, 0.4) is 0 Å². The van der Waals surface area contributed by atoms with Gasteiger partial charge >= 0.3 is 0 Å². The predicted octanol–water partition coefficient (Wildman–Crippen LogP) is 3.07. The Balaban J connectivity index is 0. The van der Waals surface area contributed by atoms with Gasteiger partial charge in [0.25, 0.3) is 0 Å². The van der Waals surface area contributed by atoms with E-state index in [0.29, 0.717) is 0 Å². The molecule has 0 spiro atoms. The highest BCUT2D eigenvalue weighted by molar-refractivity contribution is 4.52. The highest BCUT2D eigenvalue weighted by atomic mass is 79.9. The summed E-state index contributed by atoms with van der Waals surface area (Å²) in [4.78, 5) is 0. The van der Waals surface area contributed by atoms with Gasteiger partial charge in [-0.1, -0.05) is 90.9 Å². The molecule has 0 heterocycles. The normalized spacial score (nSPS) is 11.6. The maximum atomic E-state index is 9.58. The number of rotatable bonds is 22. The fraction of sp³-hybridized carbons (Fsp3) is 1.00. The summed E-state index contributed by atoms with van der Waals surface area (Å²) in [7, 11) is 0. The Morgan fingerprint density at radius 3 is 1.00 bits per heavy atom. The van der Waals surface area contributed by atoms with E-state index in [1.54, 1.807) is 0 Å². The average molecular weight is 467 g/mol. The number of hydrogen-bond donors (Lipinski definition) is 2. The molecule has 0 amide bonds. The van der Waals surface area contributed by atoms with E-state index >= 15 is 0 Å². The molecule has 172 valence electrons. The fourth-order valence-corrected chi connectivity index (χ4v) is 4.26. The first kappa shape index (κ1) is 30.6. The van der Waals surface area contributed by atoms with Crippen molar-refractivity contribution in [1.29, 1.82) is 0 Å². The summed E-state index contributed by atoms with van der Waals surface area (Å²) < 4.78 is 0.929. The molecule has 0 atom stereocenters. The van der Waals surface area contributed by atoms with Crippen LogP contribution in [0, 0.1) is 0 Å². The van der Waals surface area contributed by atoms with E-state index in [-0.39, 0.29) is 30.2 Å². The Hall–Kier alpha value is 0.360. The molecule has 0 unspecified atom stereocenters. The monoisotopic (exact) mass is 465 g/mol. The van der Waals surface area contributed by atoms with Gasteiger partial charge in [-0.2, -0.15) is 0 Å². The highest BCUT2D eigenvalue weighted by Crippen LogP contribution is 2.16. The molecule has 3 nitrogen and oxygen atoms in total. The number of quaternary nitrogens is 1. The summed E-state index contributed by atoms with van der Waals surface area (Å²) >= 11 is 0. The minimum Gasteiger partial charge on any atom is -1.00 e. The van der Waals surface area contributed by atoms with Crippen molar-refractivity contribution in [3.63, 3.8) is 0 Å². The lowest BCUT2D eigenvalue weighted by atomic mass is 10.1. The van der Waals surface area contributed by atoms with Gasteiger partial charge in [0.1, 0.15) is 13.1 Å². The van der Waals surface area contributed by atoms with Gasteiger partial charge in [0.15, 0.2) is 0 Å². The summed E-state index contributed by atoms with van der Waals surface area (Å²) in [5.74, 6) is 0. The molecule has 0 aliphatic carbocycles. The zero-order valence-electron chi connectivity index (χ0n) is 19.3. The van der Waals surface area contributed by atoms with Crippen LogP contribution in [0.25, 0.3) is 0 Å². The maximum absolute atomic E-state index is 9.58. The van der Waals surface area contributed by atoms with Crippen LogP contribution < -0.4 is 17.0 Å². The Labute approximate surface area is 187 Å². The van der Waals surface area contributed by atoms with Gasteiger partial charge in [0.2, 0.25) is 0 Å². The summed E-state index contributed by atoms with van der Waals surface area (Å²) in [6.45, 7) is 8.92. The molecule has 4 heteroatoms. The first-order chi connectivity index (χ1) is 13.2. The molecule has 0 rings (SSSR count). The molecule has 0 aromatic rings. The molecule has 0 aliphatic rings. The van der Waals surface area contributed by atoms with Crippen molar-refractivity contribution in [2.75, 3.05) is 39.4 Å². The van der Waals surface area contributed by atoms with Crippen LogP contribution in [-0.2, 0) is 0 Å². The second-order valence-corrected chi connectivity index (χ2v) is 8.63. The zero-order chi connectivity index (χ0) is 20.1. The van der Waals surface area contributed by atoms with E-state index < -0.39 is 0 Å². The van der Waals surface area contributed by atoms with Crippen LogP contribution in [0.5, 0.6) is 0 Å². The SMILES string of the molecule is CCCCCCCCCC[N+](CCO)(CCO)CCCCCCCCCC.[Br-]. The van der Waals surface area contributed by atoms with E-state index in [4.69, 9.17) is 0 Å². The van der Waals surface area contributed by atoms with Gasteiger partial charge in [0.05, 0.1) is 26.3 Å². The van der Waals surface area contributed by atoms with Gasteiger partial charge < -0.3 is 31.7 Å². The van der Waals surface area contributed by atoms with E-state index in [2.05, 4.69) is 13.8 Å². The van der Waals surface area contributed by atoms with Gasteiger partial charge in [-0.25, -0.2) is 0 Å². The van der Waals surface area contributed by atoms with Crippen LogP contribution in [0.1, 0.15) is 117 Å². The molecule has 0 fully saturated rings. The predicted molar refractivity (Wildman–Crippen MR) is 119 cm³/mol. The van der Waals surface area contributed by atoms with E-state index in [0.717, 1.165) is 30.7 Å². The van der Waals surface area contributed by atoms with Crippen molar-refractivity contribution in [3.05, 3.63) is 0 Å². The lowest BCUT2D eigenvalue weighted by Crippen LogP contribution is -3.00. The molecule has 0 saturated heterocycles. The summed E-state index contributed by atoms with van der Waals surface area (Å²) in [5, 5.41) is 19.2. The van der Waals surface area contributed by atoms with Gasteiger partial charge in [-0.05, 0) is 25.7 Å². The molecule has 0 saturated carbocycles. The van der Waals surface area contributed by atoms with Crippen LogP contribution >= 0.6 is 0 Å². The number of aliphatic hydroxyl groups excluding tert-OH is 2. The van der Waals surface area contributed by atoms with Crippen molar-refractivity contribution in [3.8, 4) is 0 Å². The Morgan fingerprint density at radius 2 is 0.714 bits per heavy atom. The maximum Gasteiger partial charge on any atom is 0.102 e. The quantitative estimate of drug-likeness (QED) is 0.190. The van der Waals surface area contributed by atoms with Crippen LogP contribution in [0.4, 0.5) is 0 Å². The molecule has 28 heavy (non-hydrogen) atoms. The largest absolute Gasteiger partial charge is 1.00 e. The second kappa shape index (κ2) is 23.6. The number of halogens is 1. The number of hydrogen-bond acceptors (Lipinski definition) is 2. The van der Waals surface area contributed by atoms with Crippen molar-refractivity contribution < 1.29 is 31.7 Å². The first-order valence-corrected chi connectivity index (χ1v) is 12.3. The molecular formula is C24H52BrNO2. The van der Waals surface area contributed by atoms with Crippen LogP contribution in [0.15, 0.2) is 0 Å². The van der Waals surface area contributed by atoms with Crippen molar-refractivity contribution in [1.82, 2.24) is 0 Å². The summed E-state index contributed by atoms with van der Waals surface area (Å²) in [6, 6.07) is 0. The van der Waals surface area contributed by atoms with Gasteiger partial charge in [-0.15, -0.1) is 0 Å². The van der Waals surface area contributed by atoms with Crippen molar-refractivity contribution in [2.45, 2.75) is 117 Å². The van der Waals surface area contributed by atoms with Gasteiger partial charge in [-0.3, -0.25) is 0 Å². The Morgan fingerprint density at radius 1 is 0.429 bits per heavy atom. The Bertz CT molecular complexity index is 262. The molecule has 0 aromatic carbocycles. The van der Waals surface area contributed by atoms with E-state index in [1.807, 2.05) is 0 Å². The first-order valence-electron chi connectivity index (χ1n) is 12.3. The summed E-state index contributed by atoms with van der Waals surface area (Å²) in [5.41, 5.74) is 0. The fourth-order valence-electron chi connectivity index (χ4n) is 4.26. The van der Waals surface area contributed by atoms with Gasteiger partial charge in [0, 0.05) is 0 Å². The average Bonchev–Trinajstić information content (AvgIpc) is 2.66. The molecule has 0 aromatic heterocycles. The van der Waals surface area contributed by atoms with Crippen molar-refractivity contribution >= 4 is 0 Å². The standard InChI is InChI=1S/C24H52NO2.BrH/c1-3-5-7-9-11-13-15-17-19-25(21-23-26,22-24-27)20-18-16-14-12-10-8-6-4-2;/h26-27H,3-24H2,1-2H3;1H/q+1;/p-1. The van der Waals surface area contributed by atoms with Crippen LogP contribution in [-0.4, -0.2) is 54.1 Å². The number of aliphatic hydroxyl groups is 2. The van der Waals surface area contributed by atoms with E-state index in [1.165, 1.54) is 103 Å². The minimum absolute atomic E-state index is 0. The van der Waals surface area contributed by atoms with Crippen molar-refractivity contribution in [2.24, 2.45) is 0 Å². The molecule has 2 N–H and O–H groups in total. The zero-order valence-corrected chi connectivity index (χ0v) is 20.9. The third-order valence-corrected chi connectivity index (χ3v) is 6.12. The molecule has 0 aliphatic heterocycles. The third kappa shape index (κ3) is 18.4. The number of nitrogens with zero attached hydrogens (tertiary/aromatic N) is 1. The summed E-state index contributed by atoms with van der Waals surface area (Å²) in [6.07, 6.45) is 21.5. The second-order valence-electron chi connectivity index (χ2n) is 8.63. The van der Waals surface area contributed by atoms with E-state index in [9.17, 15) is 10.2 Å². The lowest BCUT2D eigenvalue weighted by Gasteiger charge is -2.38. The molecular weight excluding hydrogens is 414 g/mol. The third-order valence-electron chi connectivity index (χ3n) is 6.12. The molecule has 0 radical (unpaired) electrons. The smallest absolute Gasteiger partial charge is 0.102 e. The van der Waals surface area contributed by atoms with Crippen LogP contribution in [0.2, 0.25) is 0 Å². The topological polar surface area (TPSA) is 40.5 Å². The molecule has 0 bridgehead atoms. The Kier molecular flexibility index (Phi) is 25.8. The lowest BCUT2D eigenvalue weighted by molar-refractivity contribution is -0.929. The highest BCUT2D eigenvalue weighted by Gasteiger charge is 2.25. The minimum atomic E-state index is 0. The number of unbranched alkanes of at least 4 members (excludes halogenated alkanes) is 14.